The lowest BCUT2D eigenvalue weighted by Gasteiger charge is -2.09. The van der Waals surface area contributed by atoms with E-state index >= 15 is 0 Å². The molecule has 0 radical (unpaired) electrons. The van der Waals surface area contributed by atoms with Crippen LogP contribution in [0, 0.1) is 5.82 Å². The summed E-state index contributed by atoms with van der Waals surface area (Å²) in [7, 11) is -4.31. The minimum Gasteiger partial charge on any atom is -0.233 e. The molecule has 1 heterocycles. The SMILES string of the molecule is NS(=O)(=O)c1ccc(-c2cc(C(F)(F)F)nn2-c2ccc(Cl)cc2)cc1F. The van der Waals surface area contributed by atoms with Gasteiger partial charge in [0.15, 0.2) is 5.69 Å². The van der Waals surface area contributed by atoms with Gasteiger partial charge in [-0.05, 0) is 42.5 Å². The van der Waals surface area contributed by atoms with E-state index < -0.39 is 32.6 Å². The Bertz CT molecular complexity index is 1110. The summed E-state index contributed by atoms with van der Waals surface area (Å²) in [4.78, 5) is -0.764. The molecule has 1 aromatic heterocycles. The maximum absolute atomic E-state index is 14.1. The van der Waals surface area contributed by atoms with Crippen molar-refractivity contribution < 1.29 is 26.0 Å². The number of halogens is 5. The van der Waals surface area contributed by atoms with Crippen LogP contribution in [0.25, 0.3) is 16.9 Å². The molecule has 3 rings (SSSR count). The number of rotatable bonds is 3. The van der Waals surface area contributed by atoms with Crippen molar-refractivity contribution in [2.45, 2.75) is 11.1 Å². The van der Waals surface area contributed by atoms with Gasteiger partial charge in [0.1, 0.15) is 10.7 Å². The number of benzene rings is 2. The van der Waals surface area contributed by atoms with Crippen molar-refractivity contribution in [3.63, 3.8) is 0 Å². The fourth-order valence-electron chi connectivity index (χ4n) is 2.40. The number of hydrogen-bond acceptors (Lipinski definition) is 3. The van der Waals surface area contributed by atoms with Gasteiger partial charge in [0, 0.05) is 10.6 Å². The number of nitrogens with two attached hydrogens (primary N) is 1. The zero-order valence-corrected chi connectivity index (χ0v) is 14.8. The van der Waals surface area contributed by atoms with Gasteiger partial charge < -0.3 is 0 Å². The predicted octanol–water partition coefficient (Wildman–Crippen LogP) is 4.00. The number of alkyl halides is 3. The molecule has 27 heavy (non-hydrogen) atoms. The van der Waals surface area contributed by atoms with Crippen molar-refractivity contribution in [1.29, 1.82) is 0 Å². The molecule has 0 atom stereocenters. The highest BCUT2D eigenvalue weighted by Gasteiger charge is 2.35. The van der Waals surface area contributed by atoms with E-state index in [0.29, 0.717) is 5.02 Å². The first kappa shape index (κ1) is 19.3. The van der Waals surface area contributed by atoms with Crippen LogP contribution in [-0.2, 0) is 16.2 Å². The maximum atomic E-state index is 14.1. The third-order valence-electron chi connectivity index (χ3n) is 3.61. The topological polar surface area (TPSA) is 78.0 Å². The van der Waals surface area contributed by atoms with Crippen molar-refractivity contribution in [3.05, 3.63) is 65.1 Å². The minimum atomic E-state index is -4.73. The molecule has 0 aliphatic rings. The third-order valence-corrected chi connectivity index (χ3v) is 4.80. The zero-order valence-electron chi connectivity index (χ0n) is 13.2. The fourth-order valence-corrected chi connectivity index (χ4v) is 3.11. The summed E-state index contributed by atoms with van der Waals surface area (Å²) in [5.41, 5.74) is -1.05. The molecular formula is C16H10ClF4N3O2S. The Balaban J connectivity index is 2.21. The third kappa shape index (κ3) is 3.97. The van der Waals surface area contributed by atoms with Gasteiger partial charge in [-0.15, -0.1) is 0 Å². The molecule has 0 spiro atoms. The highest BCUT2D eigenvalue weighted by atomic mass is 35.5. The molecule has 0 fully saturated rings. The molecule has 0 saturated heterocycles. The van der Waals surface area contributed by atoms with Gasteiger partial charge in [0.2, 0.25) is 10.0 Å². The number of aromatic nitrogens is 2. The van der Waals surface area contributed by atoms with Gasteiger partial charge in [-0.25, -0.2) is 22.6 Å². The molecule has 5 nitrogen and oxygen atoms in total. The predicted molar refractivity (Wildman–Crippen MR) is 90.3 cm³/mol. The Morgan fingerprint density at radius 1 is 1.04 bits per heavy atom. The van der Waals surface area contributed by atoms with Crippen molar-refractivity contribution >= 4 is 21.6 Å². The smallest absolute Gasteiger partial charge is 0.233 e. The van der Waals surface area contributed by atoms with Crippen LogP contribution in [0.1, 0.15) is 5.69 Å². The van der Waals surface area contributed by atoms with Gasteiger partial charge in [0.25, 0.3) is 0 Å². The molecule has 0 amide bonds. The summed E-state index contributed by atoms with van der Waals surface area (Å²) < 4.78 is 77.1. The van der Waals surface area contributed by atoms with E-state index in [4.69, 9.17) is 16.7 Å². The summed E-state index contributed by atoms with van der Waals surface area (Å²) >= 11 is 5.79. The molecule has 11 heteroatoms. The second-order valence-corrected chi connectivity index (χ2v) is 7.46. The van der Waals surface area contributed by atoms with E-state index in [1.807, 2.05) is 0 Å². The molecule has 0 aliphatic heterocycles. The van der Waals surface area contributed by atoms with E-state index in [0.717, 1.165) is 28.9 Å². The fraction of sp³-hybridized carbons (Fsp3) is 0.0625. The molecule has 0 bridgehead atoms. The normalized spacial score (nSPS) is 12.4. The summed E-state index contributed by atoms with van der Waals surface area (Å²) in [5.74, 6) is -1.19. The first-order valence-electron chi connectivity index (χ1n) is 7.23. The molecular weight excluding hydrogens is 410 g/mol. The highest BCUT2D eigenvalue weighted by Crippen LogP contribution is 2.34. The van der Waals surface area contributed by atoms with E-state index in [1.54, 1.807) is 0 Å². The van der Waals surface area contributed by atoms with Crippen molar-refractivity contribution in [2.24, 2.45) is 5.14 Å². The largest absolute Gasteiger partial charge is 0.435 e. The molecule has 0 aliphatic carbocycles. The second kappa shape index (κ2) is 6.63. The lowest BCUT2D eigenvalue weighted by atomic mass is 10.1. The maximum Gasteiger partial charge on any atom is 0.435 e. The van der Waals surface area contributed by atoms with Crippen molar-refractivity contribution in [1.82, 2.24) is 9.78 Å². The quantitative estimate of drug-likeness (QED) is 0.652. The highest BCUT2D eigenvalue weighted by molar-refractivity contribution is 7.89. The first-order chi connectivity index (χ1) is 12.5. The van der Waals surface area contributed by atoms with Gasteiger partial charge >= 0.3 is 6.18 Å². The Morgan fingerprint density at radius 2 is 1.67 bits per heavy atom. The Hall–Kier alpha value is -2.43. The standard InChI is InChI=1S/C16H10ClF4N3O2S/c17-10-2-4-11(5-3-10)24-13(8-15(23-24)16(19,20)21)9-1-6-14(12(18)7-9)27(22,25)26/h1-8H,(H2,22,25,26). The lowest BCUT2D eigenvalue weighted by molar-refractivity contribution is -0.141. The molecule has 2 N–H and O–H groups in total. The van der Waals surface area contributed by atoms with Crippen LogP contribution in [0.4, 0.5) is 17.6 Å². The molecule has 2 aromatic carbocycles. The summed E-state index contributed by atoms with van der Waals surface area (Å²) in [5, 5.41) is 8.81. The van der Waals surface area contributed by atoms with Crippen LogP contribution in [0.2, 0.25) is 5.02 Å². The lowest BCUT2D eigenvalue weighted by Crippen LogP contribution is -2.14. The van der Waals surface area contributed by atoms with Crippen LogP contribution >= 0.6 is 11.6 Å². The molecule has 142 valence electrons. The summed E-state index contributed by atoms with van der Waals surface area (Å²) in [6, 6.07) is 9.34. The van der Waals surface area contributed by atoms with Crippen LogP contribution < -0.4 is 5.14 Å². The summed E-state index contributed by atoms with van der Waals surface area (Å²) in [6.45, 7) is 0. The first-order valence-corrected chi connectivity index (χ1v) is 9.15. The monoisotopic (exact) mass is 419 g/mol. The molecule has 0 unspecified atom stereocenters. The second-order valence-electron chi connectivity index (χ2n) is 5.49. The molecule has 3 aromatic rings. The Kier molecular flexibility index (Phi) is 4.74. The van der Waals surface area contributed by atoms with Gasteiger partial charge in [-0.1, -0.05) is 17.7 Å². The van der Waals surface area contributed by atoms with E-state index in [9.17, 15) is 26.0 Å². The van der Waals surface area contributed by atoms with E-state index in [1.165, 1.54) is 24.3 Å². The summed E-state index contributed by atoms with van der Waals surface area (Å²) in [6.07, 6.45) is -4.73. The van der Waals surface area contributed by atoms with Gasteiger partial charge in [0.05, 0.1) is 11.4 Å². The van der Waals surface area contributed by atoms with Crippen molar-refractivity contribution in [3.8, 4) is 16.9 Å². The van der Waals surface area contributed by atoms with E-state index in [2.05, 4.69) is 5.10 Å². The van der Waals surface area contributed by atoms with E-state index in [-0.39, 0.29) is 16.9 Å². The Labute approximate surface area is 156 Å². The average molecular weight is 420 g/mol. The van der Waals surface area contributed by atoms with Crippen LogP contribution in [0.5, 0.6) is 0 Å². The molecule has 0 saturated carbocycles. The number of sulfonamides is 1. The van der Waals surface area contributed by atoms with Crippen LogP contribution in [-0.4, -0.2) is 18.2 Å². The van der Waals surface area contributed by atoms with Gasteiger partial charge in [-0.2, -0.15) is 18.3 Å². The average Bonchev–Trinajstić information content (AvgIpc) is 2.99. The zero-order chi connectivity index (χ0) is 20.0. The van der Waals surface area contributed by atoms with Crippen LogP contribution in [0.3, 0.4) is 0 Å². The van der Waals surface area contributed by atoms with Crippen LogP contribution in [0.15, 0.2) is 53.4 Å². The number of hydrogen-bond donors (Lipinski definition) is 1. The minimum absolute atomic E-state index is 0.0159. The Morgan fingerprint density at radius 3 is 2.19 bits per heavy atom. The van der Waals surface area contributed by atoms with Crippen molar-refractivity contribution in [2.75, 3.05) is 0 Å². The number of primary sulfonamides is 1. The number of nitrogens with zero attached hydrogens (tertiary/aromatic N) is 2. The van der Waals surface area contributed by atoms with Gasteiger partial charge in [-0.3, -0.25) is 0 Å².